The van der Waals surface area contributed by atoms with Crippen molar-refractivity contribution >= 4 is 28.2 Å². The number of nitrogens with zero attached hydrogens (tertiary/aromatic N) is 2. The van der Waals surface area contributed by atoms with Crippen LogP contribution in [-0.4, -0.2) is 24.5 Å². The van der Waals surface area contributed by atoms with Crippen LogP contribution in [-0.2, 0) is 0 Å². The summed E-state index contributed by atoms with van der Waals surface area (Å²) in [6.07, 6.45) is 8.00. The van der Waals surface area contributed by atoms with E-state index >= 15 is 0 Å². The number of pyridine rings is 1. The van der Waals surface area contributed by atoms with E-state index < -0.39 is 0 Å². The second-order valence-corrected chi connectivity index (χ2v) is 7.26. The van der Waals surface area contributed by atoms with E-state index in [1.54, 1.807) is 6.20 Å². The van der Waals surface area contributed by atoms with Crippen molar-refractivity contribution in [1.29, 1.82) is 0 Å². The van der Waals surface area contributed by atoms with Crippen LogP contribution in [0.5, 0.6) is 0 Å². The monoisotopic (exact) mass is 375 g/mol. The van der Waals surface area contributed by atoms with Crippen LogP contribution in [0, 0.1) is 0 Å². The van der Waals surface area contributed by atoms with Gasteiger partial charge in [0.1, 0.15) is 0 Å². The Kier molecular flexibility index (Phi) is 7.01. The summed E-state index contributed by atoms with van der Waals surface area (Å²) in [4.78, 5) is 19.3. The summed E-state index contributed by atoms with van der Waals surface area (Å²) < 4.78 is 0. The van der Waals surface area contributed by atoms with Gasteiger partial charge in [-0.3, -0.25) is 9.78 Å². The van der Waals surface area contributed by atoms with Gasteiger partial charge in [-0.05, 0) is 36.8 Å². The van der Waals surface area contributed by atoms with Crippen LogP contribution < -0.4 is 10.2 Å². The topological polar surface area (TPSA) is 45.2 Å². The average molecular weight is 376 g/mol. The Morgan fingerprint density at radius 2 is 1.82 bits per heavy atom. The van der Waals surface area contributed by atoms with Gasteiger partial charge in [0.2, 0.25) is 0 Å². The summed E-state index contributed by atoms with van der Waals surface area (Å²) in [6, 6.07) is 17.6. The molecule has 1 N–H and O–H groups in total. The molecule has 0 aliphatic heterocycles. The first kappa shape index (κ1) is 19.9. The number of rotatable bonds is 9. The number of benzene rings is 2. The fourth-order valence-corrected chi connectivity index (χ4v) is 3.31. The first-order chi connectivity index (χ1) is 13.7. The van der Waals surface area contributed by atoms with Gasteiger partial charge in [0.05, 0.1) is 17.4 Å². The maximum absolute atomic E-state index is 12.7. The molecule has 0 saturated carbocycles. The number of anilines is 2. The number of amides is 1. The van der Waals surface area contributed by atoms with Gasteiger partial charge in [0, 0.05) is 30.2 Å². The summed E-state index contributed by atoms with van der Waals surface area (Å²) in [5.41, 5.74) is 3.35. The van der Waals surface area contributed by atoms with Gasteiger partial charge in [0.15, 0.2) is 0 Å². The number of carbonyl (C=O) groups is 1. The van der Waals surface area contributed by atoms with Gasteiger partial charge in [-0.15, -0.1) is 0 Å². The highest BCUT2D eigenvalue weighted by atomic mass is 16.1. The van der Waals surface area contributed by atoms with Gasteiger partial charge in [-0.1, -0.05) is 56.9 Å². The zero-order valence-electron chi connectivity index (χ0n) is 16.8. The zero-order chi connectivity index (χ0) is 19.8. The predicted molar refractivity (Wildman–Crippen MR) is 118 cm³/mol. The number of fused-ring (bicyclic) bond motifs is 1. The molecule has 0 bridgehead atoms. The molecule has 0 spiro atoms. The molecule has 3 aromatic rings. The molecule has 4 nitrogen and oxygen atoms in total. The Morgan fingerprint density at radius 1 is 1.00 bits per heavy atom. The Morgan fingerprint density at radius 3 is 2.68 bits per heavy atom. The van der Waals surface area contributed by atoms with Crippen molar-refractivity contribution in [1.82, 2.24) is 4.98 Å². The molecular formula is C24H29N3O. The number of carbonyl (C=O) groups excluding carboxylic acids is 1. The molecule has 0 saturated heterocycles. The minimum atomic E-state index is -0.115. The van der Waals surface area contributed by atoms with Crippen molar-refractivity contribution in [3.63, 3.8) is 0 Å². The smallest absolute Gasteiger partial charge is 0.255 e. The first-order valence-corrected chi connectivity index (χ1v) is 10.1. The van der Waals surface area contributed by atoms with Crippen molar-refractivity contribution in [3.8, 4) is 0 Å². The molecular weight excluding hydrogens is 346 g/mol. The predicted octanol–water partition coefficient (Wildman–Crippen LogP) is 5.89. The van der Waals surface area contributed by atoms with Crippen molar-refractivity contribution in [2.45, 2.75) is 39.0 Å². The average Bonchev–Trinajstić information content (AvgIpc) is 2.73. The SMILES string of the molecule is CCCCCCCN(C)c1cccc(C(=O)Nc2cnc3ccccc3c2)c1. The maximum atomic E-state index is 12.7. The van der Waals surface area contributed by atoms with E-state index in [1.165, 1.54) is 32.1 Å². The fraction of sp³-hybridized carbons (Fsp3) is 0.333. The van der Waals surface area contributed by atoms with Crippen LogP contribution in [0.25, 0.3) is 10.9 Å². The van der Waals surface area contributed by atoms with Gasteiger partial charge in [0.25, 0.3) is 5.91 Å². The van der Waals surface area contributed by atoms with E-state index in [4.69, 9.17) is 0 Å². The van der Waals surface area contributed by atoms with Crippen LogP contribution in [0.15, 0.2) is 60.8 Å². The molecule has 1 heterocycles. The van der Waals surface area contributed by atoms with Crippen molar-refractivity contribution < 1.29 is 4.79 Å². The molecule has 0 unspecified atom stereocenters. The van der Waals surface area contributed by atoms with E-state index in [9.17, 15) is 4.79 Å². The lowest BCUT2D eigenvalue weighted by Gasteiger charge is -2.20. The van der Waals surface area contributed by atoms with Gasteiger partial charge >= 0.3 is 0 Å². The standard InChI is InChI=1S/C24H29N3O/c1-3-4-5-6-9-15-27(2)22-13-10-12-20(17-22)24(28)26-21-16-19-11-7-8-14-23(19)25-18-21/h7-8,10-14,16-18H,3-6,9,15H2,1-2H3,(H,26,28). The Bertz CT molecular complexity index is 922. The second-order valence-electron chi connectivity index (χ2n) is 7.26. The van der Waals surface area contributed by atoms with Gasteiger partial charge in [-0.25, -0.2) is 0 Å². The van der Waals surface area contributed by atoms with Crippen LogP contribution in [0.2, 0.25) is 0 Å². The Hall–Kier alpha value is -2.88. The largest absolute Gasteiger partial charge is 0.375 e. The zero-order valence-corrected chi connectivity index (χ0v) is 16.8. The highest BCUT2D eigenvalue weighted by Crippen LogP contribution is 2.19. The summed E-state index contributed by atoms with van der Waals surface area (Å²) >= 11 is 0. The number of aromatic nitrogens is 1. The summed E-state index contributed by atoms with van der Waals surface area (Å²) in [7, 11) is 2.09. The third-order valence-corrected chi connectivity index (χ3v) is 4.99. The minimum Gasteiger partial charge on any atom is -0.375 e. The summed E-state index contributed by atoms with van der Waals surface area (Å²) in [5.74, 6) is -0.115. The molecule has 0 atom stereocenters. The second kappa shape index (κ2) is 9.88. The van der Waals surface area contributed by atoms with E-state index in [1.807, 2.05) is 48.5 Å². The van der Waals surface area contributed by atoms with Crippen LogP contribution in [0.1, 0.15) is 49.4 Å². The van der Waals surface area contributed by atoms with E-state index in [0.717, 1.165) is 23.1 Å². The molecule has 0 radical (unpaired) electrons. The number of unbranched alkanes of at least 4 members (excludes halogenated alkanes) is 4. The van der Waals surface area contributed by atoms with Crippen LogP contribution >= 0.6 is 0 Å². The quantitative estimate of drug-likeness (QED) is 0.474. The molecule has 0 aliphatic carbocycles. The van der Waals surface area contributed by atoms with Crippen molar-refractivity contribution in [2.24, 2.45) is 0 Å². The fourth-order valence-electron chi connectivity index (χ4n) is 3.31. The molecule has 0 fully saturated rings. The molecule has 1 amide bonds. The lowest BCUT2D eigenvalue weighted by Crippen LogP contribution is -2.19. The van der Waals surface area contributed by atoms with Gasteiger partial charge in [-0.2, -0.15) is 0 Å². The lowest BCUT2D eigenvalue weighted by molar-refractivity contribution is 0.102. The summed E-state index contributed by atoms with van der Waals surface area (Å²) in [5, 5.41) is 3.97. The highest BCUT2D eigenvalue weighted by molar-refractivity contribution is 6.05. The van der Waals surface area contributed by atoms with E-state index in [2.05, 4.69) is 35.2 Å². The molecule has 3 rings (SSSR count). The summed E-state index contributed by atoms with van der Waals surface area (Å²) in [6.45, 7) is 3.24. The molecule has 0 aliphatic rings. The first-order valence-electron chi connectivity index (χ1n) is 10.1. The lowest BCUT2D eigenvalue weighted by atomic mass is 10.1. The number of nitrogens with one attached hydrogen (secondary N) is 1. The van der Waals surface area contributed by atoms with Crippen LogP contribution in [0.3, 0.4) is 0 Å². The normalized spacial score (nSPS) is 10.8. The highest BCUT2D eigenvalue weighted by Gasteiger charge is 2.09. The third-order valence-electron chi connectivity index (χ3n) is 4.99. The number of hydrogen-bond acceptors (Lipinski definition) is 3. The van der Waals surface area contributed by atoms with E-state index in [0.29, 0.717) is 11.3 Å². The maximum Gasteiger partial charge on any atom is 0.255 e. The minimum absolute atomic E-state index is 0.115. The number of hydrogen-bond donors (Lipinski definition) is 1. The third kappa shape index (κ3) is 5.32. The van der Waals surface area contributed by atoms with E-state index in [-0.39, 0.29) is 5.91 Å². The molecule has 4 heteroatoms. The molecule has 146 valence electrons. The van der Waals surface area contributed by atoms with Crippen LogP contribution in [0.4, 0.5) is 11.4 Å². The Balaban J connectivity index is 1.62. The Labute approximate surface area is 167 Å². The number of para-hydroxylation sites is 1. The van der Waals surface area contributed by atoms with Crippen molar-refractivity contribution in [3.05, 3.63) is 66.4 Å². The van der Waals surface area contributed by atoms with Gasteiger partial charge < -0.3 is 10.2 Å². The molecule has 28 heavy (non-hydrogen) atoms. The van der Waals surface area contributed by atoms with Crippen molar-refractivity contribution in [2.75, 3.05) is 23.8 Å². The molecule has 1 aromatic heterocycles. The molecule has 2 aromatic carbocycles.